The van der Waals surface area contributed by atoms with Crippen LogP contribution in [-0.4, -0.2) is 73.7 Å². The van der Waals surface area contributed by atoms with Crippen LogP contribution in [0.15, 0.2) is 22.8 Å². The maximum absolute atomic E-state index is 12.6. The summed E-state index contributed by atoms with van der Waals surface area (Å²) >= 11 is 0. The minimum absolute atomic E-state index is 0.0293. The molecule has 2 saturated heterocycles. The largest absolute Gasteiger partial charge is 0.467 e. The van der Waals surface area contributed by atoms with Gasteiger partial charge in [-0.3, -0.25) is 9.69 Å². The Bertz CT molecular complexity index is 635. The molecule has 1 unspecified atom stereocenters. The highest BCUT2D eigenvalue weighted by atomic mass is 16.5. The molecule has 0 spiro atoms. The number of amides is 3. The van der Waals surface area contributed by atoms with E-state index in [1.165, 1.54) is 0 Å². The summed E-state index contributed by atoms with van der Waals surface area (Å²) in [6, 6.07) is 3.93. The third-order valence-electron chi connectivity index (χ3n) is 5.92. The summed E-state index contributed by atoms with van der Waals surface area (Å²) in [6.45, 7) is 9.99. The van der Waals surface area contributed by atoms with Crippen molar-refractivity contribution in [3.05, 3.63) is 24.2 Å². The zero-order valence-corrected chi connectivity index (χ0v) is 17.6. The monoisotopic (exact) mass is 406 g/mol. The molecule has 0 aromatic carbocycles. The van der Waals surface area contributed by atoms with Gasteiger partial charge in [-0.25, -0.2) is 4.79 Å². The zero-order valence-electron chi connectivity index (χ0n) is 17.6. The first-order chi connectivity index (χ1) is 14.0. The molecule has 2 N–H and O–H groups in total. The average Bonchev–Trinajstić information content (AvgIpc) is 3.26. The van der Waals surface area contributed by atoms with E-state index in [1.807, 2.05) is 17.0 Å². The van der Waals surface area contributed by atoms with Crippen LogP contribution in [0.2, 0.25) is 0 Å². The van der Waals surface area contributed by atoms with Crippen molar-refractivity contribution in [1.82, 2.24) is 20.4 Å². The smallest absolute Gasteiger partial charge is 0.317 e. The molecule has 3 amide bonds. The minimum atomic E-state index is -0.0502. The van der Waals surface area contributed by atoms with Gasteiger partial charge in [-0.05, 0) is 30.9 Å². The van der Waals surface area contributed by atoms with Gasteiger partial charge in [-0.1, -0.05) is 13.8 Å². The zero-order chi connectivity index (χ0) is 20.6. The number of rotatable bonds is 7. The van der Waals surface area contributed by atoms with Gasteiger partial charge in [0.1, 0.15) is 5.76 Å². The Balaban J connectivity index is 1.39. The number of likely N-dealkylation sites (tertiary alicyclic amines) is 1. The van der Waals surface area contributed by atoms with Crippen LogP contribution < -0.4 is 10.6 Å². The molecule has 0 radical (unpaired) electrons. The van der Waals surface area contributed by atoms with Gasteiger partial charge in [0.15, 0.2) is 0 Å². The van der Waals surface area contributed by atoms with Crippen LogP contribution in [0.3, 0.4) is 0 Å². The number of hydrogen-bond donors (Lipinski definition) is 2. The van der Waals surface area contributed by atoms with Gasteiger partial charge in [0.2, 0.25) is 5.91 Å². The van der Waals surface area contributed by atoms with E-state index in [-0.39, 0.29) is 17.9 Å². The Morgan fingerprint density at radius 1 is 1.14 bits per heavy atom. The fraction of sp³-hybridized carbons (Fsp3) is 0.714. The number of ether oxygens (including phenoxy) is 1. The summed E-state index contributed by atoms with van der Waals surface area (Å²) in [4.78, 5) is 29.2. The second kappa shape index (κ2) is 10.6. The number of nitrogens with one attached hydrogen (secondary N) is 2. The first-order valence-corrected chi connectivity index (χ1v) is 10.7. The molecule has 8 nitrogen and oxygen atoms in total. The number of furan rings is 1. The van der Waals surface area contributed by atoms with E-state index in [0.717, 1.165) is 32.1 Å². The number of hydrogen-bond acceptors (Lipinski definition) is 5. The van der Waals surface area contributed by atoms with E-state index < -0.39 is 0 Å². The van der Waals surface area contributed by atoms with E-state index in [0.29, 0.717) is 51.0 Å². The number of urea groups is 1. The van der Waals surface area contributed by atoms with Gasteiger partial charge in [-0.2, -0.15) is 0 Å². The van der Waals surface area contributed by atoms with Crippen molar-refractivity contribution in [2.75, 3.05) is 45.9 Å². The van der Waals surface area contributed by atoms with Crippen LogP contribution in [0.5, 0.6) is 0 Å². The highest BCUT2D eigenvalue weighted by molar-refractivity contribution is 5.79. The Morgan fingerprint density at radius 2 is 1.86 bits per heavy atom. The Kier molecular flexibility index (Phi) is 7.94. The van der Waals surface area contributed by atoms with Gasteiger partial charge in [0, 0.05) is 44.7 Å². The molecule has 2 aliphatic rings. The number of piperidine rings is 1. The fourth-order valence-corrected chi connectivity index (χ4v) is 4.08. The van der Waals surface area contributed by atoms with E-state index in [9.17, 15) is 9.59 Å². The molecule has 162 valence electrons. The molecule has 1 atom stereocenters. The lowest BCUT2D eigenvalue weighted by molar-refractivity contribution is -0.126. The van der Waals surface area contributed by atoms with Crippen LogP contribution in [0.1, 0.15) is 32.4 Å². The van der Waals surface area contributed by atoms with E-state index in [2.05, 4.69) is 29.4 Å². The lowest BCUT2D eigenvalue weighted by Crippen LogP contribution is -2.53. The van der Waals surface area contributed by atoms with Crippen LogP contribution in [0, 0.1) is 11.8 Å². The van der Waals surface area contributed by atoms with E-state index in [1.54, 1.807) is 6.26 Å². The molecule has 8 heteroatoms. The lowest BCUT2D eigenvalue weighted by Gasteiger charge is -2.38. The Morgan fingerprint density at radius 3 is 2.48 bits per heavy atom. The van der Waals surface area contributed by atoms with Crippen molar-refractivity contribution in [3.8, 4) is 0 Å². The van der Waals surface area contributed by atoms with E-state index >= 15 is 0 Å². The molecule has 0 bridgehead atoms. The quantitative estimate of drug-likeness (QED) is 0.719. The van der Waals surface area contributed by atoms with Crippen molar-refractivity contribution in [2.24, 2.45) is 11.8 Å². The molecule has 3 heterocycles. The first kappa shape index (κ1) is 21.6. The summed E-state index contributed by atoms with van der Waals surface area (Å²) < 4.78 is 10.7. The molecule has 3 rings (SSSR count). The van der Waals surface area contributed by atoms with Crippen LogP contribution in [0.4, 0.5) is 4.79 Å². The predicted octanol–water partition coefficient (Wildman–Crippen LogP) is 1.67. The Labute approximate surface area is 172 Å². The van der Waals surface area contributed by atoms with Crippen molar-refractivity contribution in [2.45, 2.75) is 39.3 Å². The highest BCUT2D eigenvalue weighted by Gasteiger charge is 2.29. The normalized spacial score (nSPS) is 19.9. The average molecular weight is 407 g/mol. The molecular formula is C21H34N4O4. The van der Waals surface area contributed by atoms with Gasteiger partial charge >= 0.3 is 6.03 Å². The van der Waals surface area contributed by atoms with Crippen molar-refractivity contribution in [3.63, 3.8) is 0 Å². The molecule has 0 aliphatic carbocycles. The summed E-state index contributed by atoms with van der Waals surface area (Å²) in [6.07, 6.45) is 2.98. The third-order valence-corrected chi connectivity index (χ3v) is 5.92. The lowest BCUT2D eigenvalue weighted by atomic mass is 9.96. The number of carbonyl (C=O) groups is 2. The van der Waals surface area contributed by atoms with Gasteiger partial charge in [0.25, 0.3) is 0 Å². The maximum Gasteiger partial charge on any atom is 0.317 e. The molecule has 1 aromatic heterocycles. The summed E-state index contributed by atoms with van der Waals surface area (Å²) in [5.74, 6) is 1.19. The van der Waals surface area contributed by atoms with Crippen LogP contribution in [-0.2, 0) is 16.1 Å². The minimum Gasteiger partial charge on any atom is -0.467 e. The summed E-state index contributed by atoms with van der Waals surface area (Å²) in [5.41, 5.74) is 0. The summed E-state index contributed by atoms with van der Waals surface area (Å²) in [7, 11) is 0. The molecule has 29 heavy (non-hydrogen) atoms. The predicted molar refractivity (Wildman–Crippen MR) is 109 cm³/mol. The topological polar surface area (TPSA) is 87.1 Å². The number of carbonyl (C=O) groups excluding carboxylic acids is 2. The number of morpholine rings is 1. The molecule has 2 aliphatic heterocycles. The molecule has 2 fully saturated rings. The second-order valence-corrected chi connectivity index (χ2v) is 8.20. The van der Waals surface area contributed by atoms with Crippen molar-refractivity contribution in [1.29, 1.82) is 0 Å². The third kappa shape index (κ3) is 6.21. The second-order valence-electron chi connectivity index (χ2n) is 8.20. The fourth-order valence-electron chi connectivity index (χ4n) is 4.08. The first-order valence-electron chi connectivity index (χ1n) is 10.7. The van der Waals surface area contributed by atoms with Crippen LogP contribution in [0.25, 0.3) is 0 Å². The van der Waals surface area contributed by atoms with Gasteiger partial charge in [-0.15, -0.1) is 0 Å². The SMILES string of the molecule is CC(C)C(CNC(=O)N1CCC(C(=O)NCc2ccco2)CC1)N1CCOCC1. The summed E-state index contributed by atoms with van der Waals surface area (Å²) in [5, 5.41) is 6.03. The van der Waals surface area contributed by atoms with E-state index in [4.69, 9.17) is 9.15 Å². The Hall–Kier alpha value is -2.06. The maximum atomic E-state index is 12.6. The van der Waals surface area contributed by atoms with Gasteiger partial charge in [0.05, 0.1) is 26.0 Å². The standard InChI is InChI=1S/C21H34N4O4/c1-16(2)19(24-9-12-28-13-10-24)15-23-21(27)25-7-5-17(6-8-25)20(26)22-14-18-4-3-11-29-18/h3-4,11,16-17,19H,5-10,12-15H2,1-2H3,(H,22,26)(H,23,27). The van der Waals surface area contributed by atoms with Crippen molar-refractivity contribution >= 4 is 11.9 Å². The molecule has 0 saturated carbocycles. The molecule has 1 aromatic rings. The number of nitrogens with zero attached hydrogens (tertiary/aromatic N) is 2. The van der Waals surface area contributed by atoms with Gasteiger partial charge < -0.3 is 24.7 Å². The molecular weight excluding hydrogens is 372 g/mol. The van der Waals surface area contributed by atoms with Crippen molar-refractivity contribution < 1.29 is 18.7 Å². The highest BCUT2D eigenvalue weighted by Crippen LogP contribution is 2.18. The van der Waals surface area contributed by atoms with Crippen LogP contribution >= 0.6 is 0 Å².